The number of amides is 1. The van der Waals surface area contributed by atoms with E-state index >= 15 is 0 Å². The van der Waals surface area contributed by atoms with Crippen LogP contribution in [0, 0.1) is 0 Å². The molecule has 0 radical (unpaired) electrons. The van der Waals surface area contributed by atoms with Crippen LogP contribution < -0.4 is 24.7 Å². The summed E-state index contributed by atoms with van der Waals surface area (Å²) in [5.41, 5.74) is 2.04. The van der Waals surface area contributed by atoms with Gasteiger partial charge in [-0.15, -0.1) is 11.3 Å². The first-order valence-corrected chi connectivity index (χ1v) is 13.8. The van der Waals surface area contributed by atoms with E-state index in [-0.39, 0.29) is 30.1 Å². The van der Waals surface area contributed by atoms with Gasteiger partial charge in [0.15, 0.2) is 0 Å². The van der Waals surface area contributed by atoms with Crippen molar-refractivity contribution in [1.29, 1.82) is 0 Å². The lowest BCUT2D eigenvalue weighted by Crippen LogP contribution is -2.36. The van der Waals surface area contributed by atoms with Crippen LogP contribution in [0.4, 0.5) is 11.4 Å². The lowest BCUT2D eigenvalue weighted by molar-refractivity contribution is -0.141. The molecule has 0 spiro atoms. The highest BCUT2D eigenvalue weighted by atomic mass is 32.2. The first kappa shape index (κ1) is 25.0. The summed E-state index contributed by atoms with van der Waals surface area (Å²) in [6.07, 6.45) is -0.165. The number of para-hydroxylation sites is 2. The van der Waals surface area contributed by atoms with E-state index in [1.54, 1.807) is 35.4 Å². The molecule has 2 aliphatic heterocycles. The van der Waals surface area contributed by atoms with Crippen LogP contribution in [-0.2, 0) is 20.9 Å². The van der Waals surface area contributed by atoms with Crippen molar-refractivity contribution in [3.63, 3.8) is 0 Å². The van der Waals surface area contributed by atoms with E-state index in [0.717, 1.165) is 15.6 Å². The lowest BCUT2D eigenvalue weighted by atomic mass is 10.1. The smallest absolute Gasteiger partial charge is 0.311 e. The predicted molar refractivity (Wildman–Crippen MR) is 148 cm³/mol. The van der Waals surface area contributed by atoms with E-state index in [0.29, 0.717) is 33.7 Å². The summed E-state index contributed by atoms with van der Waals surface area (Å²) in [6, 6.07) is 17.1. The summed E-state index contributed by atoms with van der Waals surface area (Å²) in [6.45, 7) is 6.95. The Morgan fingerprint density at radius 3 is 2.41 bits per heavy atom. The second-order valence-corrected chi connectivity index (χ2v) is 10.3. The Morgan fingerprint density at radius 1 is 0.973 bits per heavy atom. The van der Waals surface area contributed by atoms with Crippen LogP contribution in [0.5, 0.6) is 0 Å². The molecule has 0 unspecified atom stereocenters. The molecule has 0 aliphatic carbocycles. The Morgan fingerprint density at radius 2 is 1.70 bits per heavy atom. The van der Waals surface area contributed by atoms with Crippen molar-refractivity contribution in [2.45, 2.75) is 38.6 Å². The fourth-order valence-electron chi connectivity index (χ4n) is 4.41. The van der Waals surface area contributed by atoms with Gasteiger partial charge in [0, 0.05) is 18.0 Å². The quantitative estimate of drug-likeness (QED) is 0.452. The van der Waals surface area contributed by atoms with Crippen LogP contribution in [0.25, 0.3) is 10.6 Å². The molecule has 0 fully saturated rings. The molecule has 10 heteroatoms. The first-order chi connectivity index (χ1) is 18.0. The topological polar surface area (TPSA) is 84.2 Å². The van der Waals surface area contributed by atoms with Gasteiger partial charge in [0.1, 0.15) is 14.2 Å². The van der Waals surface area contributed by atoms with Crippen molar-refractivity contribution in [2.75, 3.05) is 23.1 Å². The standard InChI is InChI=1S/C27H26N4O4S2/c1-4-29-19-14-10-11-15-20(19)36-27(29)23-25(34)30(5-2)26(37-23)22-18(16-21(32)35-6-3)28-31(24(22)33)17-12-8-7-9-13-17/h7-15H,4-6,16H2,1-3H3/b26-22+,27-23-. The highest BCUT2D eigenvalue weighted by molar-refractivity contribution is 8.08. The van der Waals surface area contributed by atoms with Gasteiger partial charge in [-0.25, -0.2) is 0 Å². The number of carbonyl (C=O) groups excluding carboxylic acids is 2. The van der Waals surface area contributed by atoms with Gasteiger partial charge >= 0.3 is 5.97 Å². The van der Waals surface area contributed by atoms with Gasteiger partial charge in [0.25, 0.3) is 11.5 Å². The molecule has 2 aromatic carbocycles. The number of anilines is 2. The van der Waals surface area contributed by atoms with Gasteiger partial charge in [-0.3, -0.25) is 19.0 Å². The normalized spacial score (nSPS) is 17.8. The van der Waals surface area contributed by atoms with Crippen molar-refractivity contribution in [3.05, 3.63) is 74.1 Å². The fourth-order valence-corrected chi connectivity index (χ4v) is 7.04. The number of nitrogens with zero attached hydrogens (tertiary/aromatic N) is 4. The molecule has 8 nitrogen and oxygen atoms in total. The summed E-state index contributed by atoms with van der Waals surface area (Å²) in [5.74, 6) is -0.850. The molecule has 0 saturated heterocycles. The molecule has 3 aromatic rings. The van der Waals surface area contributed by atoms with E-state index in [9.17, 15) is 14.4 Å². The molecular formula is C27H26N4O4S2. The molecule has 0 N–H and O–H groups in total. The summed E-state index contributed by atoms with van der Waals surface area (Å²) >= 11 is 2.83. The van der Waals surface area contributed by atoms with Crippen molar-refractivity contribution >= 4 is 62.7 Å². The number of hydrogen-bond donors (Lipinski definition) is 0. The number of aromatic nitrogens is 1. The molecule has 37 heavy (non-hydrogen) atoms. The number of benzene rings is 2. The molecule has 1 aromatic heterocycles. The van der Waals surface area contributed by atoms with Crippen LogP contribution in [0.1, 0.15) is 27.2 Å². The Balaban J connectivity index is 1.74. The van der Waals surface area contributed by atoms with Crippen molar-refractivity contribution in [3.8, 4) is 0 Å². The molecule has 190 valence electrons. The van der Waals surface area contributed by atoms with Crippen LogP contribution >= 0.6 is 23.1 Å². The summed E-state index contributed by atoms with van der Waals surface area (Å²) < 4.78 is 7.82. The number of rotatable bonds is 6. The van der Waals surface area contributed by atoms with Crippen LogP contribution in [0.2, 0.25) is 0 Å². The van der Waals surface area contributed by atoms with Gasteiger partial charge in [0.05, 0.1) is 35.7 Å². The maximum Gasteiger partial charge on any atom is 0.311 e. The Labute approximate surface area is 222 Å². The van der Waals surface area contributed by atoms with E-state index in [1.807, 2.05) is 56.3 Å². The van der Waals surface area contributed by atoms with Gasteiger partial charge in [-0.1, -0.05) is 42.1 Å². The Hall–Kier alpha value is -3.63. The molecule has 5 rings (SSSR count). The van der Waals surface area contributed by atoms with Crippen LogP contribution in [0.3, 0.4) is 0 Å². The molecule has 0 bridgehead atoms. The maximum atomic E-state index is 13.8. The van der Waals surface area contributed by atoms with E-state index in [2.05, 4.69) is 10.0 Å². The number of hydrogen-bond acceptors (Lipinski definition) is 8. The van der Waals surface area contributed by atoms with Crippen LogP contribution in [0.15, 0.2) is 69.4 Å². The zero-order valence-electron chi connectivity index (χ0n) is 20.8. The molecule has 0 saturated carbocycles. The third kappa shape index (κ3) is 4.40. The minimum absolute atomic E-state index is 0.162. The molecule has 0 atom stereocenters. The van der Waals surface area contributed by atoms with E-state index < -0.39 is 5.97 Å². The lowest BCUT2D eigenvalue weighted by Gasteiger charge is -2.16. The largest absolute Gasteiger partial charge is 0.466 e. The van der Waals surface area contributed by atoms with Crippen molar-refractivity contribution in [1.82, 2.24) is 4.57 Å². The van der Waals surface area contributed by atoms with Crippen molar-refractivity contribution < 1.29 is 14.3 Å². The van der Waals surface area contributed by atoms with Gasteiger partial charge in [-0.2, -0.15) is 10.1 Å². The average Bonchev–Trinajstić information content (AvgIpc) is 3.54. The van der Waals surface area contributed by atoms with Crippen LogP contribution in [-0.4, -0.2) is 35.3 Å². The average molecular weight is 535 g/mol. The fraction of sp³-hybridized carbons (Fsp3) is 0.259. The third-order valence-corrected chi connectivity index (χ3v) is 8.57. The minimum atomic E-state index is -0.475. The highest BCUT2D eigenvalue weighted by Gasteiger charge is 2.35. The zero-order chi connectivity index (χ0) is 26.1. The minimum Gasteiger partial charge on any atom is -0.466 e. The van der Waals surface area contributed by atoms with E-state index in [4.69, 9.17) is 4.74 Å². The molecule has 3 heterocycles. The number of fused-ring (bicyclic) bond motifs is 1. The number of ether oxygens (including phenoxy) is 1. The second kappa shape index (κ2) is 10.4. The maximum absolute atomic E-state index is 13.8. The summed E-state index contributed by atoms with van der Waals surface area (Å²) in [7, 11) is 0. The Kier molecular flexibility index (Phi) is 7.03. The number of carbonyl (C=O) groups is 2. The van der Waals surface area contributed by atoms with Gasteiger partial charge < -0.3 is 9.64 Å². The first-order valence-electron chi connectivity index (χ1n) is 12.1. The number of hydrazone groups is 1. The number of esters is 1. The number of thiazole rings is 1. The van der Waals surface area contributed by atoms with Crippen molar-refractivity contribution in [2.24, 2.45) is 5.10 Å². The van der Waals surface area contributed by atoms with Gasteiger partial charge in [0.2, 0.25) is 0 Å². The predicted octanol–water partition coefficient (Wildman–Crippen LogP) is 3.13. The molecule has 1 amide bonds. The molecule has 2 aliphatic rings. The monoisotopic (exact) mass is 534 g/mol. The Bertz CT molecular complexity index is 1590. The second-order valence-electron chi connectivity index (χ2n) is 8.26. The SMILES string of the molecule is CCOC(=O)CC1=NN(c2ccccc2)C(=O)/C1=c1/s/c(=C2\Sc3ccccc3N2CC)c(=O)n1CC. The summed E-state index contributed by atoms with van der Waals surface area (Å²) in [5, 5.41) is 6.67. The third-order valence-electron chi connectivity index (χ3n) is 6.07. The van der Waals surface area contributed by atoms with E-state index in [1.165, 1.54) is 16.3 Å². The zero-order valence-corrected chi connectivity index (χ0v) is 22.4. The molecular weight excluding hydrogens is 508 g/mol. The van der Waals surface area contributed by atoms with Gasteiger partial charge in [-0.05, 0) is 45.0 Å². The number of thioether (sulfide) groups is 1. The highest BCUT2D eigenvalue weighted by Crippen LogP contribution is 2.45. The summed E-state index contributed by atoms with van der Waals surface area (Å²) in [4.78, 5) is 43.1.